The van der Waals surface area contributed by atoms with Gasteiger partial charge in [0, 0.05) is 6.61 Å². The molecule has 1 aromatic carbocycles. The van der Waals surface area contributed by atoms with Crippen molar-refractivity contribution < 1.29 is 24.2 Å². The minimum absolute atomic E-state index is 0.102. The van der Waals surface area contributed by atoms with E-state index < -0.39 is 24.2 Å². The van der Waals surface area contributed by atoms with Crippen LogP contribution in [0.5, 0.6) is 0 Å². The van der Waals surface area contributed by atoms with Crippen molar-refractivity contribution in [2.24, 2.45) is 0 Å². The molecule has 0 spiro atoms. The summed E-state index contributed by atoms with van der Waals surface area (Å²) < 4.78 is 10.3. The maximum absolute atomic E-state index is 11.6. The summed E-state index contributed by atoms with van der Waals surface area (Å²) in [5, 5.41) is 11.5. The van der Waals surface area contributed by atoms with Crippen LogP contribution in [-0.4, -0.2) is 35.9 Å². The van der Waals surface area contributed by atoms with Crippen LogP contribution in [0, 0.1) is 0 Å². The minimum Gasteiger partial charge on any atom is -0.480 e. The number of carbonyl (C=O) groups excluding carboxylic acids is 1. The van der Waals surface area contributed by atoms with Crippen molar-refractivity contribution in [1.29, 1.82) is 0 Å². The lowest BCUT2D eigenvalue weighted by Gasteiger charge is -2.19. The number of alkyl carbamates (subject to hydrolysis) is 1. The molecule has 2 atom stereocenters. The molecule has 0 saturated carbocycles. The number of carboxylic acid groups (broad SMARTS) is 1. The van der Waals surface area contributed by atoms with Crippen molar-refractivity contribution in [1.82, 2.24) is 5.32 Å². The van der Waals surface area contributed by atoms with Crippen LogP contribution in [0.3, 0.4) is 0 Å². The zero-order valence-electron chi connectivity index (χ0n) is 11.0. The topological polar surface area (TPSA) is 84.9 Å². The van der Waals surface area contributed by atoms with Gasteiger partial charge in [-0.25, -0.2) is 9.59 Å². The van der Waals surface area contributed by atoms with E-state index in [9.17, 15) is 9.59 Å². The van der Waals surface area contributed by atoms with Crippen LogP contribution in [-0.2, 0) is 20.9 Å². The Morgan fingerprint density at radius 3 is 2.75 bits per heavy atom. The third kappa shape index (κ3) is 3.96. The Balaban J connectivity index is 1.84. The lowest BCUT2D eigenvalue weighted by molar-refractivity contribution is -0.142. The highest BCUT2D eigenvalue weighted by Gasteiger charge is 2.33. The van der Waals surface area contributed by atoms with Crippen molar-refractivity contribution in [3.05, 3.63) is 35.9 Å². The van der Waals surface area contributed by atoms with Crippen LogP contribution >= 0.6 is 0 Å². The summed E-state index contributed by atoms with van der Waals surface area (Å²) in [5.41, 5.74) is 0.839. The second kappa shape index (κ2) is 6.91. The van der Waals surface area contributed by atoms with Gasteiger partial charge in [-0.05, 0) is 18.4 Å². The molecule has 0 aliphatic carbocycles. The predicted octanol–water partition coefficient (Wildman–Crippen LogP) is 1.54. The molecule has 1 aromatic rings. The van der Waals surface area contributed by atoms with Crippen LogP contribution in [0.2, 0.25) is 0 Å². The SMILES string of the molecule is O=C(N[C@@H](C(=O)O)[C@H]1CCCO1)OCc1ccccc1. The van der Waals surface area contributed by atoms with E-state index in [-0.39, 0.29) is 6.61 Å². The number of aliphatic carboxylic acids is 1. The molecule has 0 aromatic heterocycles. The highest BCUT2D eigenvalue weighted by Crippen LogP contribution is 2.16. The summed E-state index contributed by atoms with van der Waals surface area (Å²) in [6.07, 6.45) is 0.180. The standard InChI is InChI=1S/C14H17NO5/c16-13(17)12(11-7-4-8-19-11)15-14(18)20-9-10-5-2-1-3-6-10/h1-3,5-6,11-12H,4,7-9H2,(H,15,18)(H,16,17)/t11-,12-/m1/s1. The summed E-state index contributed by atoms with van der Waals surface area (Å²) in [6, 6.07) is 8.11. The molecule has 2 rings (SSSR count). The lowest BCUT2D eigenvalue weighted by atomic mass is 10.1. The van der Waals surface area contributed by atoms with Crippen LogP contribution in [0.4, 0.5) is 4.79 Å². The molecular weight excluding hydrogens is 262 g/mol. The van der Waals surface area contributed by atoms with E-state index in [4.69, 9.17) is 14.6 Å². The van der Waals surface area contributed by atoms with Crippen LogP contribution in [0.1, 0.15) is 18.4 Å². The second-order valence-corrected chi connectivity index (χ2v) is 4.57. The molecule has 1 aliphatic heterocycles. The first-order chi connectivity index (χ1) is 9.66. The van der Waals surface area contributed by atoms with Gasteiger partial charge in [0.1, 0.15) is 6.61 Å². The third-order valence-corrected chi connectivity index (χ3v) is 3.09. The molecule has 1 heterocycles. The Hall–Kier alpha value is -2.08. The number of benzene rings is 1. The van der Waals surface area contributed by atoms with E-state index >= 15 is 0 Å². The number of rotatable bonds is 5. The Bertz CT molecular complexity index is 456. The van der Waals surface area contributed by atoms with Gasteiger partial charge in [-0.3, -0.25) is 0 Å². The fourth-order valence-corrected chi connectivity index (χ4v) is 2.07. The number of carbonyl (C=O) groups is 2. The van der Waals surface area contributed by atoms with E-state index in [1.165, 1.54) is 0 Å². The average molecular weight is 279 g/mol. The van der Waals surface area contributed by atoms with E-state index in [0.717, 1.165) is 12.0 Å². The molecule has 6 heteroatoms. The molecular formula is C14H17NO5. The quantitative estimate of drug-likeness (QED) is 0.854. The number of carboxylic acids is 1. The van der Waals surface area contributed by atoms with E-state index in [2.05, 4.69) is 5.32 Å². The van der Waals surface area contributed by atoms with Gasteiger partial charge in [-0.15, -0.1) is 0 Å². The number of nitrogens with one attached hydrogen (secondary N) is 1. The number of hydrogen-bond donors (Lipinski definition) is 2. The Labute approximate surface area is 116 Å². The number of amides is 1. The Kier molecular flexibility index (Phi) is 4.95. The van der Waals surface area contributed by atoms with Gasteiger partial charge >= 0.3 is 12.1 Å². The van der Waals surface area contributed by atoms with Crippen molar-refractivity contribution in [3.8, 4) is 0 Å². The highest BCUT2D eigenvalue weighted by atomic mass is 16.5. The Morgan fingerprint density at radius 1 is 1.40 bits per heavy atom. The first-order valence-corrected chi connectivity index (χ1v) is 6.48. The zero-order chi connectivity index (χ0) is 14.4. The Morgan fingerprint density at radius 2 is 2.15 bits per heavy atom. The summed E-state index contributed by atoms with van der Waals surface area (Å²) in [5.74, 6) is -1.12. The molecule has 6 nitrogen and oxygen atoms in total. The molecule has 0 unspecified atom stereocenters. The van der Waals surface area contributed by atoms with Gasteiger partial charge in [0.2, 0.25) is 0 Å². The smallest absolute Gasteiger partial charge is 0.408 e. The maximum Gasteiger partial charge on any atom is 0.408 e. The summed E-state index contributed by atoms with van der Waals surface area (Å²) in [6.45, 7) is 0.625. The predicted molar refractivity (Wildman–Crippen MR) is 70.2 cm³/mol. The van der Waals surface area contributed by atoms with Gasteiger partial charge in [0.05, 0.1) is 6.10 Å². The molecule has 0 bridgehead atoms. The van der Waals surface area contributed by atoms with E-state index in [1.807, 2.05) is 30.3 Å². The van der Waals surface area contributed by atoms with Crippen molar-refractivity contribution in [3.63, 3.8) is 0 Å². The second-order valence-electron chi connectivity index (χ2n) is 4.57. The molecule has 1 aliphatic rings. The molecule has 1 amide bonds. The van der Waals surface area contributed by atoms with Crippen LogP contribution in [0.25, 0.3) is 0 Å². The lowest BCUT2D eigenvalue weighted by Crippen LogP contribution is -2.48. The van der Waals surface area contributed by atoms with E-state index in [1.54, 1.807) is 0 Å². The third-order valence-electron chi connectivity index (χ3n) is 3.09. The van der Waals surface area contributed by atoms with Gasteiger partial charge in [-0.1, -0.05) is 30.3 Å². The van der Waals surface area contributed by atoms with Gasteiger partial charge in [0.25, 0.3) is 0 Å². The van der Waals surface area contributed by atoms with Crippen molar-refractivity contribution >= 4 is 12.1 Å². The normalized spacial score (nSPS) is 19.3. The largest absolute Gasteiger partial charge is 0.480 e. The monoisotopic (exact) mass is 279 g/mol. The van der Waals surface area contributed by atoms with Gasteiger partial charge < -0.3 is 19.9 Å². The van der Waals surface area contributed by atoms with Gasteiger partial charge in [-0.2, -0.15) is 0 Å². The number of hydrogen-bond acceptors (Lipinski definition) is 4. The van der Waals surface area contributed by atoms with Gasteiger partial charge in [0.15, 0.2) is 6.04 Å². The van der Waals surface area contributed by atoms with E-state index in [0.29, 0.717) is 13.0 Å². The van der Waals surface area contributed by atoms with Crippen LogP contribution in [0.15, 0.2) is 30.3 Å². The maximum atomic E-state index is 11.6. The summed E-state index contributed by atoms with van der Waals surface area (Å²) in [7, 11) is 0. The minimum atomic E-state index is -1.12. The molecule has 2 N–H and O–H groups in total. The summed E-state index contributed by atoms with van der Waals surface area (Å²) in [4.78, 5) is 22.8. The number of ether oxygens (including phenoxy) is 2. The highest BCUT2D eigenvalue weighted by molar-refractivity contribution is 5.80. The molecule has 20 heavy (non-hydrogen) atoms. The summed E-state index contributed by atoms with van der Waals surface area (Å²) >= 11 is 0. The molecule has 1 fully saturated rings. The van der Waals surface area contributed by atoms with Crippen molar-refractivity contribution in [2.75, 3.05) is 6.61 Å². The first-order valence-electron chi connectivity index (χ1n) is 6.48. The van der Waals surface area contributed by atoms with Crippen LogP contribution < -0.4 is 5.32 Å². The first kappa shape index (κ1) is 14.3. The fourth-order valence-electron chi connectivity index (χ4n) is 2.07. The molecule has 1 saturated heterocycles. The fraction of sp³-hybridized carbons (Fsp3) is 0.429. The average Bonchev–Trinajstić information content (AvgIpc) is 2.97. The molecule has 108 valence electrons. The van der Waals surface area contributed by atoms with Crippen molar-refractivity contribution in [2.45, 2.75) is 31.6 Å². The zero-order valence-corrected chi connectivity index (χ0v) is 11.0. The molecule has 0 radical (unpaired) electrons.